The number of amides is 2. The lowest BCUT2D eigenvalue weighted by Gasteiger charge is -2.31. The van der Waals surface area contributed by atoms with Crippen molar-refractivity contribution in [1.82, 2.24) is 4.90 Å². The molecule has 0 spiro atoms. The fourth-order valence-electron chi connectivity index (χ4n) is 3.18. The van der Waals surface area contributed by atoms with Crippen LogP contribution in [0.1, 0.15) is 24.0 Å². The monoisotopic (exact) mass is 370 g/mol. The number of likely N-dealkylation sites (tertiary alicyclic amines) is 1. The molecular formula is C21H23ClN2O2. The second-order valence-corrected chi connectivity index (χ2v) is 7.19. The minimum atomic E-state index is -0.0882. The van der Waals surface area contributed by atoms with E-state index >= 15 is 0 Å². The lowest BCUT2D eigenvalue weighted by molar-refractivity contribution is -0.133. The van der Waals surface area contributed by atoms with Gasteiger partial charge in [-0.3, -0.25) is 9.59 Å². The Hall–Kier alpha value is -2.33. The summed E-state index contributed by atoms with van der Waals surface area (Å²) < 4.78 is 0. The van der Waals surface area contributed by atoms with Gasteiger partial charge in [-0.1, -0.05) is 53.6 Å². The van der Waals surface area contributed by atoms with E-state index in [-0.39, 0.29) is 17.7 Å². The Bertz CT molecular complexity index is 781. The zero-order valence-electron chi connectivity index (χ0n) is 14.9. The molecule has 0 atom stereocenters. The molecule has 0 aromatic heterocycles. The van der Waals surface area contributed by atoms with E-state index in [0.29, 0.717) is 43.1 Å². The average Bonchev–Trinajstić information content (AvgIpc) is 2.65. The number of rotatable bonds is 4. The summed E-state index contributed by atoms with van der Waals surface area (Å²) in [6.45, 7) is 3.26. The van der Waals surface area contributed by atoms with E-state index in [1.807, 2.05) is 48.2 Å². The Balaban J connectivity index is 1.50. The molecular weight excluding hydrogens is 348 g/mol. The smallest absolute Gasteiger partial charge is 0.227 e. The molecule has 1 heterocycles. The van der Waals surface area contributed by atoms with Gasteiger partial charge in [-0.05, 0) is 37.5 Å². The Kier molecular flexibility index (Phi) is 5.94. The number of benzene rings is 2. The summed E-state index contributed by atoms with van der Waals surface area (Å²) in [6, 6.07) is 15.3. The van der Waals surface area contributed by atoms with E-state index in [9.17, 15) is 9.59 Å². The van der Waals surface area contributed by atoms with E-state index in [1.165, 1.54) is 5.56 Å². The minimum absolute atomic E-state index is 0.0243. The van der Waals surface area contributed by atoms with Crippen LogP contribution in [0.4, 0.5) is 5.69 Å². The van der Waals surface area contributed by atoms with Crippen LogP contribution in [0.15, 0.2) is 48.5 Å². The van der Waals surface area contributed by atoms with Crippen molar-refractivity contribution in [1.29, 1.82) is 0 Å². The quantitative estimate of drug-likeness (QED) is 0.882. The van der Waals surface area contributed by atoms with Crippen LogP contribution in [0, 0.1) is 12.8 Å². The van der Waals surface area contributed by atoms with E-state index in [2.05, 4.69) is 5.32 Å². The first-order chi connectivity index (χ1) is 12.5. The molecule has 0 bridgehead atoms. The first-order valence-corrected chi connectivity index (χ1v) is 9.29. The van der Waals surface area contributed by atoms with Crippen molar-refractivity contribution >= 4 is 29.1 Å². The van der Waals surface area contributed by atoms with Gasteiger partial charge in [0, 0.05) is 19.0 Å². The standard InChI is InChI=1S/C21H23ClN2O2/c1-15-6-8-16(9-7-15)14-20(25)24-12-10-17(11-13-24)21(26)23-19-5-3-2-4-18(19)22/h2-9,17H,10-14H2,1H3,(H,23,26). The third kappa shape index (κ3) is 4.64. The molecule has 5 heteroatoms. The number of anilines is 1. The highest BCUT2D eigenvalue weighted by Crippen LogP contribution is 2.24. The van der Waals surface area contributed by atoms with Gasteiger partial charge in [0.2, 0.25) is 11.8 Å². The molecule has 4 nitrogen and oxygen atoms in total. The first-order valence-electron chi connectivity index (χ1n) is 8.91. The Morgan fingerprint density at radius 3 is 2.38 bits per heavy atom. The van der Waals surface area contributed by atoms with Gasteiger partial charge in [0.05, 0.1) is 17.1 Å². The molecule has 1 fully saturated rings. The number of aryl methyl sites for hydroxylation is 1. The topological polar surface area (TPSA) is 49.4 Å². The number of hydrogen-bond donors (Lipinski definition) is 1. The predicted molar refractivity (Wildman–Crippen MR) is 104 cm³/mol. The molecule has 1 N–H and O–H groups in total. The van der Waals surface area contributed by atoms with Crippen molar-refractivity contribution in [3.63, 3.8) is 0 Å². The summed E-state index contributed by atoms with van der Waals surface area (Å²) in [7, 11) is 0. The van der Waals surface area contributed by atoms with E-state index in [4.69, 9.17) is 11.6 Å². The van der Waals surface area contributed by atoms with Gasteiger partial charge < -0.3 is 10.2 Å². The Morgan fingerprint density at radius 1 is 1.08 bits per heavy atom. The van der Waals surface area contributed by atoms with Gasteiger partial charge in [0.1, 0.15) is 0 Å². The summed E-state index contributed by atoms with van der Waals surface area (Å²) in [5.41, 5.74) is 2.85. The number of para-hydroxylation sites is 1. The second-order valence-electron chi connectivity index (χ2n) is 6.79. The highest BCUT2D eigenvalue weighted by Gasteiger charge is 2.27. The number of piperidine rings is 1. The lowest BCUT2D eigenvalue weighted by atomic mass is 9.95. The zero-order chi connectivity index (χ0) is 18.5. The second kappa shape index (κ2) is 8.37. The fourth-order valence-corrected chi connectivity index (χ4v) is 3.36. The van der Waals surface area contributed by atoms with Gasteiger partial charge >= 0.3 is 0 Å². The van der Waals surface area contributed by atoms with Crippen LogP contribution in [0.5, 0.6) is 0 Å². The van der Waals surface area contributed by atoms with Gasteiger partial charge in [-0.2, -0.15) is 0 Å². The molecule has 1 saturated heterocycles. The van der Waals surface area contributed by atoms with Gasteiger partial charge in [0.15, 0.2) is 0 Å². The van der Waals surface area contributed by atoms with Crippen LogP contribution < -0.4 is 5.32 Å². The third-order valence-electron chi connectivity index (χ3n) is 4.83. The van der Waals surface area contributed by atoms with Crippen molar-refractivity contribution in [2.75, 3.05) is 18.4 Å². The highest BCUT2D eigenvalue weighted by atomic mass is 35.5. The number of carbonyl (C=O) groups excluding carboxylic acids is 2. The number of nitrogens with one attached hydrogen (secondary N) is 1. The molecule has 136 valence electrons. The molecule has 3 rings (SSSR count). The largest absolute Gasteiger partial charge is 0.342 e. The summed E-state index contributed by atoms with van der Waals surface area (Å²) in [5, 5.41) is 3.43. The molecule has 2 aromatic rings. The van der Waals surface area contributed by atoms with Gasteiger partial charge in [-0.25, -0.2) is 0 Å². The van der Waals surface area contributed by atoms with E-state index < -0.39 is 0 Å². The maximum atomic E-state index is 12.5. The first kappa shape index (κ1) is 18.5. The molecule has 1 aliphatic rings. The fraction of sp³-hybridized carbons (Fsp3) is 0.333. The van der Waals surface area contributed by atoms with Crippen molar-refractivity contribution in [3.05, 3.63) is 64.7 Å². The average molecular weight is 371 g/mol. The maximum absolute atomic E-state index is 12.5. The van der Waals surface area contributed by atoms with Crippen molar-refractivity contribution in [3.8, 4) is 0 Å². The summed E-state index contributed by atoms with van der Waals surface area (Å²) in [5.74, 6) is 0.0113. The maximum Gasteiger partial charge on any atom is 0.227 e. The van der Waals surface area contributed by atoms with E-state index in [1.54, 1.807) is 12.1 Å². The molecule has 0 aliphatic carbocycles. The number of hydrogen-bond acceptors (Lipinski definition) is 2. The van der Waals surface area contributed by atoms with Crippen LogP contribution in [-0.2, 0) is 16.0 Å². The van der Waals surface area contributed by atoms with E-state index in [0.717, 1.165) is 5.56 Å². The van der Waals surface area contributed by atoms with Crippen molar-refractivity contribution in [2.24, 2.45) is 5.92 Å². The molecule has 0 unspecified atom stereocenters. The molecule has 26 heavy (non-hydrogen) atoms. The van der Waals surface area contributed by atoms with Crippen LogP contribution in [0.3, 0.4) is 0 Å². The summed E-state index contributed by atoms with van der Waals surface area (Å²) in [4.78, 5) is 26.8. The molecule has 2 amide bonds. The molecule has 2 aromatic carbocycles. The van der Waals surface area contributed by atoms with Crippen molar-refractivity contribution < 1.29 is 9.59 Å². The summed E-state index contributed by atoms with van der Waals surface area (Å²) >= 11 is 6.09. The predicted octanol–water partition coefficient (Wildman–Crippen LogP) is 4.07. The number of halogens is 1. The van der Waals surface area contributed by atoms with Gasteiger partial charge in [0.25, 0.3) is 0 Å². The van der Waals surface area contributed by atoms with Crippen molar-refractivity contribution in [2.45, 2.75) is 26.2 Å². The van der Waals surface area contributed by atoms with Gasteiger partial charge in [-0.15, -0.1) is 0 Å². The lowest BCUT2D eigenvalue weighted by Crippen LogP contribution is -2.42. The normalized spacial score (nSPS) is 14.9. The Morgan fingerprint density at radius 2 is 1.73 bits per heavy atom. The molecule has 0 saturated carbocycles. The SMILES string of the molecule is Cc1ccc(CC(=O)N2CCC(C(=O)Nc3ccccc3Cl)CC2)cc1. The van der Waals surface area contributed by atoms with Crippen LogP contribution >= 0.6 is 11.6 Å². The minimum Gasteiger partial charge on any atom is -0.342 e. The third-order valence-corrected chi connectivity index (χ3v) is 5.16. The zero-order valence-corrected chi connectivity index (χ0v) is 15.6. The van der Waals surface area contributed by atoms with Crippen LogP contribution in [0.25, 0.3) is 0 Å². The Labute approximate surface area is 159 Å². The van der Waals surface area contributed by atoms with Crippen LogP contribution in [-0.4, -0.2) is 29.8 Å². The summed E-state index contributed by atoms with van der Waals surface area (Å²) in [6.07, 6.45) is 1.77. The molecule has 1 aliphatic heterocycles. The van der Waals surface area contributed by atoms with Crippen LogP contribution in [0.2, 0.25) is 5.02 Å². The highest BCUT2D eigenvalue weighted by molar-refractivity contribution is 6.33. The molecule has 0 radical (unpaired) electrons. The number of nitrogens with zero attached hydrogens (tertiary/aromatic N) is 1. The number of carbonyl (C=O) groups is 2.